The lowest BCUT2D eigenvalue weighted by Crippen LogP contribution is -2.37. The van der Waals surface area contributed by atoms with Gasteiger partial charge in [-0.25, -0.2) is 4.68 Å². The Bertz CT molecular complexity index is 577. The molecule has 1 aromatic carbocycles. The summed E-state index contributed by atoms with van der Waals surface area (Å²) in [6.45, 7) is 0.144. The number of aromatic nitrogens is 4. The number of rotatable bonds is 4. The number of halogens is 1. The quantitative estimate of drug-likeness (QED) is 0.919. The van der Waals surface area contributed by atoms with Gasteiger partial charge in [0.15, 0.2) is 0 Å². The van der Waals surface area contributed by atoms with Crippen LogP contribution in [0.5, 0.6) is 0 Å². The Labute approximate surface area is 118 Å². The van der Waals surface area contributed by atoms with E-state index in [1.54, 1.807) is 0 Å². The summed E-state index contributed by atoms with van der Waals surface area (Å²) in [7, 11) is 0. The number of hydrogen-bond donors (Lipinski definition) is 1. The summed E-state index contributed by atoms with van der Waals surface area (Å²) in [6.07, 6.45) is 3.37. The first kappa shape index (κ1) is 12.3. The van der Waals surface area contributed by atoms with E-state index in [2.05, 4.69) is 36.8 Å². The zero-order chi connectivity index (χ0) is 13.3. The maximum Gasteiger partial charge on any atom is 0.242 e. The van der Waals surface area contributed by atoms with Crippen LogP contribution < -0.4 is 5.32 Å². The number of benzene rings is 1. The number of nitrogens with one attached hydrogen (secondary N) is 1. The molecule has 0 spiro atoms. The first-order valence-corrected chi connectivity index (χ1v) is 6.75. The molecule has 19 heavy (non-hydrogen) atoms. The Balaban J connectivity index is 1.68. The van der Waals surface area contributed by atoms with Gasteiger partial charge in [0.25, 0.3) is 0 Å². The Hall–Kier alpha value is -1.76. The highest BCUT2D eigenvalue weighted by molar-refractivity contribution is 9.10. The number of amides is 1. The van der Waals surface area contributed by atoms with Crippen LogP contribution in [-0.2, 0) is 16.9 Å². The summed E-state index contributed by atoms with van der Waals surface area (Å²) in [6, 6.07) is 8.05. The molecule has 0 saturated heterocycles. The number of hydrogen-bond acceptors (Lipinski definition) is 4. The molecule has 1 aromatic heterocycles. The monoisotopic (exact) mass is 321 g/mol. The molecular formula is C12H12BrN5O. The molecule has 0 atom stereocenters. The minimum absolute atomic E-state index is 0.0762. The zero-order valence-corrected chi connectivity index (χ0v) is 11.7. The van der Waals surface area contributed by atoms with E-state index in [1.807, 2.05) is 24.3 Å². The second-order valence-electron chi connectivity index (χ2n) is 4.64. The van der Waals surface area contributed by atoms with Gasteiger partial charge in [0.2, 0.25) is 5.91 Å². The van der Waals surface area contributed by atoms with Crippen LogP contribution in [0.15, 0.2) is 35.1 Å². The third kappa shape index (κ3) is 2.65. The number of nitrogens with zero attached hydrogens (tertiary/aromatic N) is 4. The van der Waals surface area contributed by atoms with Gasteiger partial charge >= 0.3 is 0 Å². The molecule has 2 aromatic rings. The van der Waals surface area contributed by atoms with Gasteiger partial charge in [0, 0.05) is 4.47 Å². The first-order valence-electron chi connectivity index (χ1n) is 5.96. The van der Waals surface area contributed by atoms with Crippen LogP contribution in [0.1, 0.15) is 18.4 Å². The van der Waals surface area contributed by atoms with Crippen LogP contribution in [0, 0.1) is 0 Å². The van der Waals surface area contributed by atoms with Crippen molar-refractivity contribution in [3.05, 3.63) is 40.6 Å². The molecule has 6 nitrogen and oxygen atoms in total. The Morgan fingerprint density at radius 2 is 2.11 bits per heavy atom. The third-order valence-corrected chi connectivity index (χ3v) is 3.75. The molecule has 98 valence electrons. The normalized spacial score (nSPS) is 16.1. The van der Waals surface area contributed by atoms with Crippen LogP contribution in [0.3, 0.4) is 0 Å². The van der Waals surface area contributed by atoms with E-state index in [4.69, 9.17) is 0 Å². The van der Waals surface area contributed by atoms with Crippen molar-refractivity contribution in [2.24, 2.45) is 0 Å². The number of carbonyl (C=O) groups is 1. The minimum atomic E-state index is -0.203. The van der Waals surface area contributed by atoms with E-state index in [9.17, 15) is 4.79 Å². The smallest absolute Gasteiger partial charge is 0.242 e. The highest BCUT2D eigenvalue weighted by Crippen LogP contribution is 2.45. The molecule has 1 fully saturated rings. The Morgan fingerprint density at radius 3 is 2.68 bits per heavy atom. The predicted molar refractivity (Wildman–Crippen MR) is 71.0 cm³/mol. The third-order valence-electron chi connectivity index (χ3n) is 3.22. The molecule has 3 rings (SSSR count). The average Bonchev–Trinajstić information content (AvgIpc) is 2.98. The standard InChI is InChI=1S/C12H12BrN5O/c13-10-3-1-9(2-4-10)12(5-6-12)15-11(19)7-18-8-14-16-17-18/h1-4,8H,5-7H2,(H,15,19). The molecule has 1 saturated carbocycles. The van der Waals surface area contributed by atoms with Gasteiger partial charge in [-0.2, -0.15) is 0 Å². The summed E-state index contributed by atoms with van der Waals surface area (Å²) in [5.74, 6) is -0.0762. The average molecular weight is 322 g/mol. The lowest BCUT2D eigenvalue weighted by Gasteiger charge is -2.18. The highest BCUT2D eigenvalue weighted by Gasteiger charge is 2.45. The molecule has 1 aliphatic rings. The molecule has 7 heteroatoms. The summed E-state index contributed by atoms with van der Waals surface area (Å²) >= 11 is 3.41. The van der Waals surface area contributed by atoms with E-state index < -0.39 is 0 Å². The minimum Gasteiger partial charge on any atom is -0.345 e. The second kappa shape index (κ2) is 4.73. The topological polar surface area (TPSA) is 72.7 Å². The largest absolute Gasteiger partial charge is 0.345 e. The van der Waals surface area contributed by atoms with Crippen molar-refractivity contribution in [1.29, 1.82) is 0 Å². The van der Waals surface area contributed by atoms with E-state index in [1.165, 1.54) is 11.0 Å². The van der Waals surface area contributed by atoms with Crippen molar-refractivity contribution in [3.8, 4) is 0 Å². The zero-order valence-electron chi connectivity index (χ0n) is 10.1. The Kier molecular flexibility index (Phi) is 3.06. The van der Waals surface area contributed by atoms with Crippen molar-refractivity contribution in [2.75, 3.05) is 0 Å². The van der Waals surface area contributed by atoms with E-state index in [0.29, 0.717) is 0 Å². The van der Waals surface area contributed by atoms with Crippen LogP contribution in [0.25, 0.3) is 0 Å². The van der Waals surface area contributed by atoms with Crippen molar-refractivity contribution in [2.45, 2.75) is 24.9 Å². The predicted octanol–water partition coefficient (Wildman–Crippen LogP) is 1.24. The van der Waals surface area contributed by atoms with Crippen LogP contribution in [-0.4, -0.2) is 26.1 Å². The Morgan fingerprint density at radius 1 is 1.37 bits per heavy atom. The number of tetrazole rings is 1. The molecule has 1 aliphatic carbocycles. The van der Waals surface area contributed by atoms with Crippen LogP contribution in [0.4, 0.5) is 0 Å². The maximum absolute atomic E-state index is 12.0. The molecule has 1 N–H and O–H groups in total. The SMILES string of the molecule is O=C(Cn1cnnn1)NC1(c2ccc(Br)cc2)CC1. The van der Waals surface area contributed by atoms with E-state index >= 15 is 0 Å². The van der Waals surface area contributed by atoms with Gasteiger partial charge < -0.3 is 5.32 Å². The molecule has 0 aliphatic heterocycles. The van der Waals surface area contributed by atoms with Crippen molar-refractivity contribution >= 4 is 21.8 Å². The molecular weight excluding hydrogens is 310 g/mol. The molecule has 0 unspecified atom stereocenters. The van der Waals surface area contributed by atoms with Gasteiger partial charge in [-0.3, -0.25) is 4.79 Å². The van der Waals surface area contributed by atoms with Crippen molar-refractivity contribution in [3.63, 3.8) is 0 Å². The summed E-state index contributed by atoms with van der Waals surface area (Å²) in [5, 5.41) is 13.8. The fraction of sp³-hybridized carbons (Fsp3) is 0.333. The van der Waals surface area contributed by atoms with Crippen molar-refractivity contribution < 1.29 is 4.79 Å². The molecule has 0 radical (unpaired) electrons. The fourth-order valence-electron chi connectivity index (χ4n) is 2.09. The molecule has 1 heterocycles. The second-order valence-corrected chi connectivity index (χ2v) is 5.56. The van der Waals surface area contributed by atoms with Gasteiger partial charge in [0.1, 0.15) is 12.9 Å². The van der Waals surface area contributed by atoms with Gasteiger partial charge in [0.05, 0.1) is 5.54 Å². The van der Waals surface area contributed by atoms with Crippen molar-refractivity contribution in [1.82, 2.24) is 25.5 Å². The summed E-state index contributed by atoms with van der Waals surface area (Å²) in [4.78, 5) is 12.0. The van der Waals surface area contributed by atoms with Gasteiger partial charge in [-0.1, -0.05) is 28.1 Å². The molecule has 1 amide bonds. The first-order chi connectivity index (χ1) is 9.18. The van der Waals surface area contributed by atoms with E-state index in [-0.39, 0.29) is 18.0 Å². The number of carbonyl (C=O) groups excluding carboxylic acids is 1. The lowest BCUT2D eigenvalue weighted by molar-refractivity contribution is -0.122. The summed E-state index contributed by atoms with van der Waals surface area (Å²) in [5.41, 5.74) is 0.937. The van der Waals surface area contributed by atoms with Crippen LogP contribution in [0.2, 0.25) is 0 Å². The molecule has 0 bridgehead atoms. The highest BCUT2D eigenvalue weighted by atomic mass is 79.9. The van der Waals surface area contributed by atoms with Gasteiger partial charge in [-0.15, -0.1) is 5.10 Å². The van der Waals surface area contributed by atoms with Crippen LogP contribution >= 0.6 is 15.9 Å². The maximum atomic E-state index is 12.0. The van der Waals surface area contributed by atoms with E-state index in [0.717, 1.165) is 22.9 Å². The van der Waals surface area contributed by atoms with Gasteiger partial charge in [-0.05, 0) is 41.0 Å². The summed E-state index contributed by atoms with van der Waals surface area (Å²) < 4.78 is 2.44. The fourth-order valence-corrected chi connectivity index (χ4v) is 2.35. The lowest BCUT2D eigenvalue weighted by atomic mass is 10.1.